The summed E-state index contributed by atoms with van der Waals surface area (Å²) in [6.45, 7) is 17.0. The monoisotopic (exact) mass is 1130 g/mol. The highest BCUT2D eigenvalue weighted by Crippen LogP contribution is 2.50. The minimum atomic E-state index is -1.28. The van der Waals surface area contributed by atoms with Crippen LogP contribution in [0.25, 0.3) is 11.1 Å². The molecule has 448 valence electrons. The van der Waals surface area contributed by atoms with Crippen molar-refractivity contribution in [3.05, 3.63) is 53.9 Å². The SMILES string of the molecule is CC[C@H]1OC(=O)[C@H](C)C([C@H]2C[C@@](C)(OC)[C@@H](O)[C@H](C)O2)[C@@H]2C(N)CNC(C)([C@H](C)C[C@@](C)(OC)[C@@H]2O[C@@H]2O[C@H](C)C[C@H](N(C)CCC(=O)N[C@H](CF)[C@H](OC)c3ccc(-c4ccc(C(N)=O)nc4)cc3)[C@H]2O)[C@H](C)[C@H]2CC(=O)O[C@@H]21. The normalized spacial score (nSPS) is 39.8. The molecule has 2 bridgehead atoms. The summed E-state index contributed by atoms with van der Waals surface area (Å²) in [6.07, 6.45) is -5.86. The zero-order chi connectivity index (χ0) is 58.8. The van der Waals surface area contributed by atoms with Gasteiger partial charge in [0.15, 0.2) is 6.29 Å². The molecule has 7 rings (SSSR count). The molecule has 5 fully saturated rings. The van der Waals surface area contributed by atoms with Gasteiger partial charge in [0, 0.05) is 94.4 Å². The van der Waals surface area contributed by atoms with Gasteiger partial charge in [-0.05, 0) is 90.0 Å². The molecule has 5 aliphatic heterocycles. The first kappa shape index (κ1) is 63.3. The van der Waals surface area contributed by atoms with E-state index in [-0.39, 0.29) is 61.8 Å². The average Bonchev–Trinajstić information content (AvgIpc) is 4.00. The number of hydrogen-bond acceptors (Lipinski definition) is 18. The van der Waals surface area contributed by atoms with Crippen molar-refractivity contribution in [2.45, 2.75) is 197 Å². The van der Waals surface area contributed by atoms with E-state index in [0.717, 1.165) is 11.1 Å². The van der Waals surface area contributed by atoms with Crippen LogP contribution in [0.15, 0.2) is 42.6 Å². The van der Waals surface area contributed by atoms with Crippen molar-refractivity contribution in [2.75, 3.05) is 48.1 Å². The van der Waals surface area contributed by atoms with E-state index in [4.69, 9.17) is 49.4 Å². The molecule has 0 saturated carbocycles. The van der Waals surface area contributed by atoms with Crippen LogP contribution in [0.3, 0.4) is 0 Å². The number of aromatic nitrogens is 1. The molecule has 2 aromatic rings. The van der Waals surface area contributed by atoms with E-state index in [0.29, 0.717) is 24.8 Å². The predicted octanol–water partition coefficient (Wildman–Crippen LogP) is 4.40. The molecule has 1 aromatic heterocycles. The van der Waals surface area contributed by atoms with E-state index in [2.05, 4.69) is 36.4 Å². The molecule has 3 unspecified atom stereocenters. The fraction of sp³-hybridized carbons (Fsp3) is 0.746. The summed E-state index contributed by atoms with van der Waals surface area (Å²) in [5.74, 6) is -5.20. The Morgan fingerprint density at radius 2 is 1.62 bits per heavy atom. The Morgan fingerprint density at radius 1 is 0.950 bits per heavy atom. The number of esters is 2. The summed E-state index contributed by atoms with van der Waals surface area (Å²) < 4.78 is 66.7. The Labute approximate surface area is 471 Å². The van der Waals surface area contributed by atoms with Crippen molar-refractivity contribution in [1.29, 1.82) is 0 Å². The maximum atomic E-state index is 15.1. The van der Waals surface area contributed by atoms with Crippen LogP contribution in [0.2, 0.25) is 0 Å². The zero-order valence-corrected chi connectivity index (χ0v) is 49.1. The van der Waals surface area contributed by atoms with Crippen molar-refractivity contribution >= 4 is 23.8 Å². The number of primary amides is 1. The van der Waals surface area contributed by atoms with Gasteiger partial charge in [0.2, 0.25) is 5.91 Å². The van der Waals surface area contributed by atoms with Gasteiger partial charge in [-0.15, -0.1) is 0 Å². The van der Waals surface area contributed by atoms with Crippen LogP contribution < -0.4 is 22.1 Å². The number of likely N-dealkylation sites (N-methyl/N-ethyl adjacent to an activating group) is 1. The number of nitrogens with zero attached hydrogens (tertiary/aromatic N) is 2. The Bertz CT molecular complexity index is 2430. The topological polar surface area (TPSA) is 275 Å². The molecule has 1 aromatic carbocycles. The van der Waals surface area contributed by atoms with Crippen molar-refractivity contribution in [1.82, 2.24) is 20.5 Å². The summed E-state index contributed by atoms with van der Waals surface area (Å²) in [5.41, 5.74) is 12.3. The number of cyclic esters (lactones) is 1. The molecule has 5 aliphatic rings. The number of nitrogens with two attached hydrogens (primary N) is 2. The second-order valence-electron chi connectivity index (χ2n) is 24.2. The van der Waals surface area contributed by atoms with Gasteiger partial charge in [0.1, 0.15) is 42.9 Å². The number of benzene rings is 1. The highest BCUT2D eigenvalue weighted by atomic mass is 19.1. The zero-order valence-electron chi connectivity index (χ0n) is 49.1. The largest absolute Gasteiger partial charge is 0.458 e. The fourth-order valence-electron chi connectivity index (χ4n) is 13.9. The Kier molecular flexibility index (Phi) is 20.7. The van der Waals surface area contributed by atoms with Gasteiger partial charge in [0.05, 0.1) is 54.0 Å². The fourth-order valence-corrected chi connectivity index (χ4v) is 13.9. The molecule has 8 N–H and O–H groups in total. The maximum Gasteiger partial charge on any atom is 0.309 e. The van der Waals surface area contributed by atoms with Crippen LogP contribution >= 0.6 is 0 Å². The number of ether oxygens (including phenoxy) is 8. The third-order valence-electron chi connectivity index (χ3n) is 19.3. The van der Waals surface area contributed by atoms with E-state index < -0.39 is 138 Å². The Hall–Kier alpha value is -4.26. The number of amides is 2. The van der Waals surface area contributed by atoms with Crippen LogP contribution in [-0.4, -0.2) is 182 Å². The minimum Gasteiger partial charge on any atom is -0.458 e. The Balaban J connectivity index is 1.18. The number of pyridine rings is 1. The van der Waals surface area contributed by atoms with Gasteiger partial charge in [-0.1, -0.05) is 58.0 Å². The summed E-state index contributed by atoms with van der Waals surface area (Å²) >= 11 is 0. The van der Waals surface area contributed by atoms with Gasteiger partial charge in [0.25, 0.3) is 5.91 Å². The molecule has 0 spiro atoms. The minimum absolute atomic E-state index is 0.0463. The number of nitrogens with one attached hydrogen (secondary N) is 2. The second-order valence-corrected chi connectivity index (χ2v) is 24.2. The van der Waals surface area contributed by atoms with Gasteiger partial charge >= 0.3 is 11.9 Å². The molecule has 0 radical (unpaired) electrons. The van der Waals surface area contributed by atoms with Gasteiger partial charge < -0.3 is 75.1 Å². The van der Waals surface area contributed by atoms with Crippen molar-refractivity contribution in [2.24, 2.45) is 47.0 Å². The lowest BCUT2D eigenvalue weighted by molar-refractivity contribution is -0.307. The summed E-state index contributed by atoms with van der Waals surface area (Å²) in [4.78, 5) is 59.6. The summed E-state index contributed by atoms with van der Waals surface area (Å²) in [6, 6.07) is 8.08. The van der Waals surface area contributed by atoms with Crippen LogP contribution in [0.4, 0.5) is 4.39 Å². The molecule has 2 amide bonds. The molecule has 80 heavy (non-hydrogen) atoms. The number of aliphatic hydroxyl groups excluding tert-OH is 2. The first-order chi connectivity index (χ1) is 37.8. The molecule has 0 aliphatic carbocycles. The average molecular weight is 1130 g/mol. The summed E-state index contributed by atoms with van der Waals surface area (Å²) in [5, 5.41) is 30.8. The van der Waals surface area contributed by atoms with Crippen LogP contribution in [0.5, 0.6) is 0 Å². The number of aliphatic hydroxyl groups is 2. The molecule has 21 heteroatoms. The van der Waals surface area contributed by atoms with Crippen molar-refractivity contribution < 1.29 is 71.7 Å². The first-order valence-electron chi connectivity index (χ1n) is 28.6. The number of carbonyl (C=O) groups excluding carboxylic acids is 4. The van der Waals surface area contributed by atoms with Crippen molar-refractivity contribution in [3.8, 4) is 11.1 Å². The molecular formula is C59H91FN6O14. The van der Waals surface area contributed by atoms with Crippen LogP contribution in [0, 0.1) is 35.5 Å². The van der Waals surface area contributed by atoms with E-state index >= 15 is 4.79 Å². The number of halogens is 1. The lowest BCUT2D eigenvalue weighted by Gasteiger charge is -2.53. The highest BCUT2D eigenvalue weighted by Gasteiger charge is 2.60. The van der Waals surface area contributed by atoms with Crippen molar-refractivity contribution in [3.63, 3.8) is 0 Å². The molecule has 6 heterocycles. The number of methoxy groups -OCH3 is 3. The molecule has 22 atom stereocenters. The number of carbonyl (C=O) groups is 4. The molecule has 20 nitrogen and oxygen atoms in total. The van der Waals surface area contributed by atoms with E-state index in [1.165, 1.54) is 20.3 Å². The lowest BCUT2D eigenvalue weighted by Crippen LogP contribution is -2.65. The number of rotatable bonds is 17. The third-order valence-corrected chi connectivity index (χ3v) is 19.3. The quantitative estimate of drug-likeness (QED) is 0.120. The first-order valence-corrected chi connectivity index (χ1v) is 28.6. The number of alkyl halides is 1. The summed E-state index contributed by atoms with van der Waals surface area (Å²) in [7, 11) is 6.41. The smallest absolute Gasteiger partial charge is 0.309 e. The van der Waals surface area contributed by atoms with Crippen LogP contribution in [-0.2, 0) is 52.3 Å². The van der Waals surface area contributed by atoms with Gasteiger partial charge in [-0.2, -0.15) is 0 Å². The van der Waals surface area contributed by atoms with Gasteiger partial charge in [-0.3, -0.25) is 24.2 Å². The van der Waals surface area contributed by atoms with E-state index in [9.17, 15) is 29.0 Å². The van der Waals surface area contributed by atoms with E-state index in [1.54, 1.807) is 52.4 Å². The number of fused-ring (bicyclic) bond motifs is 5. The number of hydrogen-bond donors (Lipinski definition) is 6. The lowest BCUT2D eigenvalue weighted by atomic mass is 9.63. The maximum absolute atomic E-state index is 15.1. The third kappa shape index (κ3) is 13.1. The molecular weight excluding hydrogens is 1040 g/mol. The molecule has 5 saturated heterocycles. The highest BCUT2D eigenvalue weighted by molar-refractivity contribution is 5.91. The van der Waals surface area contributed by atoms with Gasteiger partial charge in [-0.25, -0.2) is 4.39 Å². The standard InChI is InChI=1S/C59H91FN6O14/c1-14-43-51-38(24-46(68)79-51)33(5)59(9)30(2)25-58(8,75-13)53(48(39(61)29-64-59)47(32(4)55(72)78-43)44-26-57(7,74-12)52(70)34(6)77-44)80-56-49(69)42(23-31(3)76-56)66(10)22-21-45(67)65-41(27-60)50(73-11)36-17-15-35(16-18-36)37-19-20-40(54(62)71)63-28-37/h15-20,28,30-34,38-39,41-44,47-53,56,64,69-70H,14,21-27,29,61H2,1-13H3,(H2,62,71)(H,65,67)/t30-,31-,32-,33-,34+,38-,39?,41-,42+,43-,44-,47?,48+,49-,50-,51+,52+,53-,56+,57-,58-,59?/m1/s1. The predicted molar refractivity (Wildman–Crippen MR) is 294 cm³/mol. The second kappa shape index (κ2) is 26.1. The van der Waals surface area contributed by atoms with Crippen LogP contribution in [0.1, 0.15) is 123 Å². The van der Waals surface area contributed by atoms with E-state index in [1.807, 2.05) is 44.7 Å². The Morgan fingerprint density at radius 3 is 2.23 bits per heavy atom.